The second-order valence-corrected chi connectivity index (χ2v) is 6.88. The lowest BCUT2D eigenvalue weighted by atomic mass is 10.1. The number of hydrogen-bond acceptors (Lipinski definition) is 4. The lowest BCUT2D eigenvalue weighted by Crippen LogP contribution is -2.30. The molecule has 3 rings (SSSR count). The first-order chi connectivity index (χ1) is 11.5. The molecule has 24 heavy (non-hydrogen) atoms. The Bertz CT molecular complexity index is 704. The Balaban J connectivity index is 1.66. The van der Waals surface area contributed by atoms with Gasteiger partial charge in [-0.15, -0.1) is 0 Å². The Morgan fingerprint density at radius 3 is 2.83 bits per heavy atom. The van der Waals surface area contributed by atoms with Crippen molar-refractivity contribution in [3.63, 3.8) is 0 Å². The minimum Gasteiger partial charge on any atom is -0.447 e. The molecule has 5 nitrogen and oxygen atoms in total. The summed E-state index contributed by atoms with van der Waals surface area (Å²) in [6.45, 7) is 7.47. The second-order valence-electron chi connectivity index (χ2n) is 6.88. The Labute approximate surface area is 143 Å². The quantitative estimate of drug-likeness (QED) is 0.848. The molecule has 0 atom stereocenters. The van der Waals surface area contributed by atoms with Crippen LogP contribution in [0.2, 0.25) is 0 Å². The molecule has 1 aromatic heterocycles. The van der Waals surface area contributed by atoms with Crippen molar-refractivity contribution in [1.29, 1.82) is 0 Å². The van der Waals surface area contributed by atoms with Gasteiger partial charge in [-0.2, -0.15) is 0 Å². The summed E-state index contributed by atoms with van der Waals surface area (Å²) >= 11 is 0. The van der Waals surface area contributed by atoms with E-state index in [4.69, 9.17) is 4.42 Å². The maximum atomic E-state index is 12.0. The first-order valence-corrected chi connectivity index (χ1v) is 8.56. The SMILES string of the molecule is Cc1cccc(CN(Cc2nc(C(=O)NC(C)C)co2)C2CC2)c1. The van der Waals surface area contributed by atoms with Gasteiger partial charge in [0.05, 0.1) is 6.54 Å². The van der Waals surface area contributed by atoms with Gasteiger partial charge in [-0.1, -0.05) is 29.8 Å². The molecule has 0 spiro atoms. The number of aryl methyl sites for hydroxylation is 1. The molecule has 0 radical (unpaired) electrons. The number of rotatable bonds is 7. The summed E-state index contributed by atoms with van der Waals surface area (Å²) in [5.74, 6) is 0.417. The molecule has 1 fully saturated rings. The molecule has 0 unspecified atom stereocenters. The molecular formula is C19H25N3O2. The largest absolute Gasteiger partial charge is 0.447 e. The molecule has 1 heterocycles. The molecule has 1 aliphatic rings. The predicted octanol–water partition coefficient (Wildman–Crippen LogP) is 3.29. The van der Waals surface area contributed by atoms with E-state index in [0.29, 0.717) is 24.2 Å². The second kappa shape index (κ2) is 7.18. The van der Waals surface area contributed by atoms with Gasteiger partial charge in [0.15, 0.2) is 5.69 Å². The van der Waals surface area contributed by atoms with E-state index in [1.165, 1.54) is 30.2 Å². The van der Waals surface area contributed by atoms with Crippen molar-refractivity contribution in [2.45, 2.75) is 58.8 Å². The van der Waals surface area contributed by atoms with E-state index in [1.807, 2.05) is 13.8 Å². The number of hydrogen-bond donors (Lipinski definition) is 1. The molecule has 0 bridgehead atoms. The predicted molar refractivity (Wildman–Crippen MR) is 92.6 cm³/mol. The minimum atomic E-state index is -0.184. The van der Waals surface area contributed by atoms with E-state index in [2.05, 4.69) is 46.4 Å². The van der Waals surface area contributed by atoms with Crippen LogP contribution in [-0.2, 0) is 13.1 Å². The van der Waals surface area contributed by atoms with Crippen molar-refractivity contribution < 1.29 is 9.21 Å². The molecule has 1 aliphatic carbocycles. The van der Waals surface area contributed by atoms with Crippen molar-refractivity contribution in [2.24, 2.45) is 0 Å². The van der Waals surface area contributed by atoms with Gasteiger partial charge in [0.25, 0.3) is 5.91 Å². The van der Waals surface area contributed by atoms with Gasteiger partial charge in [0.1, 0.15) is 6.26 Å². The van der Waals surface area contributed by atoms with E-state index < -0.39 is 0 Å². The lowest BCUT2D eigenvalue weighted by molar-refractivity contribution is 0.0938. The first-order valence-electron chi connectivity index (χ1n) is 8.56. The summed E-state index contributed by atoms with van der Waals surface area (Å²) in [4.78, 5) is 18.7. The van der Waals surface area contributed by atoms with Crippen LogP contribution in [0.5, 0.6) is 0 Å². The molecule has 1 amide bonds. The Morgan fingerprint density at radius 1 is 1.38 bits per heavy atom. The van der Waals surface area contributed by atoms with Crippen LogP contribution in [0.25, 0.3) is 0 Å². The summed E-state index contributed by atoms with van der Waals surface area (Å²) in [5.41, 5.74) is 2.92. The van der Waals surface area contributed by atoms with E-state index in [1.54, 1.807) is 0 Å². The van der Waals surface area contributed by atoms with Crippen molar-refractivity contribution in [3.05, 3.63) is 53.2 Å². The zero-order valence-electron chi connectivity index (χ0n) is 14.6. The molecular weight excluding hydrogens is 302 g/mol. The number of nitrogens with one attached hydrogen (secondary N) is 1. The van der Waals surface area contributed by atoms with Gasteiger partial charge >= 0.3 is 0 Å². The van der Waals surface area contributed by atoms with Gasteiger partial charge in [0, 0.05) is 18.6 Å². The highest BCUT2D eigenvalue weighted by Crippen LogP contribution is 2.29. The van der Waals surface area contributed by atoms with E-state index in [9.17, 15) is 4.79 Å². The third-order valence-corrected chi connectivity index (χ3v) is 4.07. The van der Waals surface area contributed by atoms with Crippen LogP contribution in [0.1, 0.15) is 54.2 Å². The smallest absolute Gasteiger partial charge is 0.273 e. The first kappa shape index (κ1) is 16.7. The molecule has 2 aromatic rings. The normalized spacial score (nSPS) is 14.4. The minimum absolute atomic E-state index is 0.0851. The Morgan fingerprint density at radius 2 is 2.17 bits per heavy atom. The number of aromatic nitrogens is 1. The van der Waals surface area contributed by atoms with Crippen LogP contribution in [0, 0.1) is 6.92 Å². The van der Waals surface area contributed by atoms with Crippen molar-refractivity contribution in [1.82, 2.24) is 15.2 Å². The fourth-order valence-corrected chi connectivity index (χ4v) is 2.80. The van der Waals surface area contributed by atoms with Crippen LogP contribution in [0.15, 0.2) is 34.9 Å². The van der Waals surface area contributed by atoms with Crippen molar-refractivity contribution in [2.75, 3.05) is 0 Å². The molecule has 5 heteroatoms. The van der Waals surface area contributed by atoms with Crippen LogP contribution < -0.4 is 5.32 Å². The highest BCUT2D eigenvalue weighted by molar-refractivity contribution is 5.92. The lowest BCUT2D eigenvalue weighted by Gasteiger charge is -2.20. The molecule has 1 saturated carbocycles. The zero-order valence-corrected chi connectivity index (χ0v) is 14.6. The summed E-state index contributed by atoms with van der Waals surface area (Å²) in [6.07, 6.45) is 3.88. The summed E-state index contributed by atoms with van der Waals surface area (Å²) in [5, 5.41) is 2.83. The third kappa shape index (κ3) is 4.45. The van der Waals surface area contributed by atoms with E-state index >= 15 is 0 Å². The van der Waals surface area contributed by atoms with Crippen LogP contribution in [-0.4, -0.2) is 27.9 Å². The van der Waals surface area contributed by atoms with Crippen LogP contribution in [0.3, 0.4) is 0 Å². The summed E-state index contributed by atoms with van der Waals surface area (Å²) in [7, 11) is 0. The van der Waals surface area contributed by atoms with Crippen molar-refractivity contribution in [3.8, 4) is 0 Å². The standard InChI is InChI=1S/C19H25N3O2/c1-13(2)20-19(23)17-12-24-18(21-17)11-22(16-7-8-16)10-15-6-4-5-14(3)9-15/h4-6,9,12-13,16H,7-8,10-11H2,1-3H3,(H,20,23). The number of carbonyl (C=O) groups is 1. The average molecular weight is 327 g/mol. The third-order valence-electron chi connectivity index (χ3n) is 4.07. The van der Waals surface area contributed by atoms with Gasteiger partial charge in [-0.25, -0.2) is 4.98 Å². The maximum absolute atomic E-state index is 12.0. The highest BCUT2D eigenvalue weighted by Gasteiger charge is 2.30. The van der Waals surface area contributed by atoms with Gasteiger partial charge in [-0.05, 0) is 39.2 Å². The molecule has 1 N–H and O–H groups in total. The van der Waals surface area contributed by atoms with E-state index in [-0.39, 0.29) is 11.9 Å². The number of amides is 1. The van der Waals surface area contributed by atoms with Gasteiger partial charge in [-0.3, -0.25) is 9.69 Å². The summed E-state index contributed by atoms with van der Waals surface area (Å²) < 4.78 is 5.52. The number of benzene rings is 1. The van der Waals surface area contributed by atoms with Gasteiger partial charge in [0.2, 0.25) is 5.89 Å². The fraction of sp³-hybridized carbons (Fsp3) is 0.474. The van der Waals surface area contributed by atoms with Crippen LogP contribution >= 0.6 is 0 Å². The topological polar surface area (TPSA) is 58.4 Å². The maximum Gasteiger partial charge on any atom is 0.273 e. The number of oxazole rings is 1. The Hall–Kier alpha value is -2.14. The molecule has 0 saturated heterocycles. The van der Waals surface area contributed by atoms with Crippen LogP contribution in [0.4, 0.5) is 0 Å². The van der Waals surface area contributed by atoms with Gasteiger partial charge < -0.3 is 9.73 Å². The number of carbonyl (C=O) groups excluding carboxylic acids is 1. The molecule has 128 valence electrons. The summed E-state index contributed by atoms with van der Waals surface area (Å²) in [6, 6.07) is 9.24. The number of nitrogens with zero attached hydrogens (tertiary/aromatic N) is 2. The fourth-order valence-electron chi connectivity index (χ4n) is 2.80. The van der Waals surface area contributed by atoms with Crippen molar-refractivity contribution >= 4 is 5.91 Å². The monoisotopic (exact) mass is 327 g/mol. The average Bonchev–Trinajstić information content (AvgIpc) is 3.25. The molecule has 1 aromatic carbocycles. The Kier molecular flexibility index (Phi) is 5.00. The highest BCUT2D eigenvalue weighted by atomic mass is 16.3. The zero-order chi connectivity index (χ0) is 17.1. The van der Waals surface area contributed by atoms with E-state index in [0.717, 1.165) is 6.54 Å². The molecule has 0 aliphatic heterocycles.